The van der Waals surface area contributed by atoms with E-state index in [1.54, 1.807) is 0 Å². The molecule has 1 atom stereocenters. The van der Waals surface area contributed by atoms with Crippen molar-refractivity contribution in [3.8, 4) is 0 Å². The molecule has 0 aliphatic heterocycles. The smallest absolute Gasteiger partial charge is 0.224 e. The summed E-state index contributed by atoms with van der Waals surface area (Å²) in [6, 6.07) is 0. The van der Waals surface area contributed by atoms with Crippen LogP contribution in [0.3, 0.4) is 0 Å². The molecule has 1 aromatic heterocycles. The van der Waals surface area contributed by atoms with E-state index in [0.29, 0.717) is 5.92 Å². The van der Waals surface area contributed by atoms with E-state index < -0.39 is 0 Å². The lowest BCUT2D eigenvalue weighted by Crippen LogP contribution is -2.04. The average molecular weight is 168 g/mol. The zero-order chi connectivity index (χ0) is 9.14. The molecule has 0 amide bonds. The molecule has 0 saturated heterocycles. The third-order valence-electron chi connectivity index (χ3n) is 2.19. The van der Waals surface area contributed by atoms with Crippen molar-refractivity contribution in [2.24, 2.45) is 7.05 Å². The number of hydrogen-bond donors (Lipinski definition) is 1. The summed E-state index contributed by atoms with van der Waals surface area (Å²) in [5.74, 6) is 2.34. The maximum absolute atomic E-state index is 4.11. The Labute approximate surface area is 73.0 Å². The van der Waals surface area contributed by atoms with Gasteiger partial charge in [-0.05, 0) is 6.42 Å². The normalized spacial score (nSPS) is 13.0. The van der Waals surface area contributed by atoms with E-state index in [-0.39, 0.29) is 0 Å². The predicted molar refractivity (Wildman–Crippen MR) is 49.3 cm³/mol. The van der Waals surface area contributed by atoms with E-state index >= 15 is 0 Å². The van der Waals surface area contributed by atoms with Crippen molar-refractivity contribution in [3.63, 3.8) is 0 Å². The number of aromatic nitrogens is 3. The molecule has 12 heavy (non-hydrogen) atoms. The van der Waals surface area contributed by atoms with Gasteiger partial charge < -0.3 is 9.88 Å². The van der Waals surface area contributed by atoms with Crippen molar-refractivity contribution >= 4 is 5.95 Å². The molecule has 0 fully saturated rings. The summed E-state index contributed by atoms with van der Waals surface area (Å²) in [6.07, 6.45) is 1.09. The molecule has 68 valence electrons. The second kappa shape index (κ2) is 3.56. The second-order valence-corrected chi connectivity index (χ2v) is 3.00. The van der Waals surface area contributed by atoms with Crippen LogP contribution in [0.4, 0.5) is 5.95 Å². The van der Waals surface area contributed by atoms with Crippen LogP contribution in [0.15, 0.2) is 0 Å². The van der Waals surface area contributed by atoms with Crippen molar-refractivity contribution in [2.45, 2.75) is 26.2 Å². The molecular weight excluding hydrogens is 152 g/mol. The Bertz CT molecular complexity index is 254. The minimum absolute atomic E-state index is 0.476. The number of anilines is 1. The topological polar surface area (TPSA) is 42.7 Å². The van der Waals surface area contributed by atoms with E-state index in [0.717, 1.165) is 18.2 Å². The van der Waals surface area contributed by atoms with Gasteiger partial charge in [0, 0.05) is 20.0 Å². The van der Waals surface area contributed by atoms with Crippen LogP contribution in [0.5, 0.6) is 0 Å². The molecular formula is C8H16N4. The lowest BCUT2D eigenvalue weighted by Gasteiger charge is -2.07. The lowest BCUT2D eigenvalue weighted by atomic mass is 10.1. The van der Waals surface area contributed by atoms with Gasteiger partial charge in [-0.2, -0.15) is 0 Å². The SMILES string of the molecule is CCC(C)c1nnc(NC)n1C. The quantitative estimate of drug-likeness (QED) is 0.741. The third kappa shape index (κ3) is 1.42. The Hall–Kier alpha value is -1.06. The molecule has 0 aliphatic rings. The highest BCUT2D eigenvalue weighted by Crippen LogP contribution is 2.17. The van der Waals surface area contributed by atoms with Crippen LogP contribution in [-0.4, -0.2) is 21.8 Å². The number of nitrogens with zero attached hydrogens (tertiary/aromatic N) is 3. The first-order chi connectivity index (χ1) is 5.70. The molecule has 1 rings (SSSR count). The van der Waals surface area contributed by atoms with Crippen LogP contribution in [0.2, 0.25) is 0 Å². The fourth-order valence-electron chi connectivity index (χ4n) is 1.17. The number of hydrogen-bond acceptors (Lipinski definition) is 3. The molecule has 0 aromatic carbocycles. The molecule has 0 spiro atoms. The predicted octanol–water partition coefficient (Wildman–Crippen LogP) is 1.37. The van der Waals surface area contributed by atoms with Gasteiger partial charge in [0.1, 0.15) is 5.82 Å². The van der Waals surface area contributed by atoms with Crippen molar-refractivity contribution in [1.82, 2.24) is 14.8 Å². The highest BCUT2D eigenvalue weighted by Gasteiger charge is 2.12. The molecule has 0 bridgehead atoms. The van der Waals surface area contributed by atoms with Crippen LogP contribution in [-0.2, 0) is 7.05 Å². The molecule has 0 aliphatic carbocycles. The standard InChI is InChI=1S/C8H16N4/c1-5-6(2)7-10-11-8(9-3)12(7)4/h6H,5H2,1-4H3,(H,9,11). The summed E-state index contributed by atoms with van der Waals surface area (Å²) in [6.45, 7) is 4.31. The van der Waals surface area contributed by atoms with E-state index in [9.17, 15) is 0 Å². The van der Waals surface area contributed by atoms with Gasteiger partial charge in [-0.1, -0.05) is 13.8 Å². The van der Waals surface area contributed by atoms with Crippen LogP contribution >= 0.6 is 0 Å². The fourth-order valence-corrected chi connectivity index (χ4v) is 1.17. The molecule has 1 heterocycles. The number of nitrogens with one attached hydrogen (secondary N) is 1. The van der Waals surface area contributed by atoms with Crippen LogP contribution < -0.4 is 5.32 Å². The van der Waals surface area contributed by atoms with Crippen LogP contribution in [0.1, 0.15) is 32.0 Å². The molecule has 4 nitrogen and oxygen atoms in total. The Balaban J connectivity index is 2.93. The minimum Gasteiger partial charge on any atom is -0.357 e. The lowest BCUT2D eigenvalue weighted by molar-refractivity contribution is 0.641. The number of rotatable bonds is 3. The summed E-state index contributed by atoms with van der Waals surface area (Å²) >= 11 is 0. The molecule has 0 radical (unpaired) electrons. The Kier molecular flexibility index (Phi) is 2.68. The molecule has 4 heteroatoms. The largest absolute Gasteiger partial charge is 0.357 e. The average Bonchev–Trinajstić information content (AvgIpc) is 2.45. The van der Waals surface area contributed by atoms with Gasteiger partial charge in [0.05, 0.1) is 0 Å². The Morgan fingerprint density at radius 1 is 1.50 bits per heavy atom. The molecule has 0 saturated carbocycles. The van der Waals surface area contributed by atoms with Gasteiger partial charge in [-0.25, -0.2) is 0 Å². The van der Waals surface area contributed by atoms with E-state index in [1.165, 1.54) is 0 Å². The maximum atomic E-state index is 4.11. The van der Waals surface area contributed by atoms with Gasteiger partial charge in [-0.3, -0.25) is 0 Å². The highest BCUT2D eigenvalue weighted by atomic mass is 15.3. The van der Waals surface area contributed by atoms with E-state index in [4.69, 9.17) is 0 Å². The summed E-state index contributed by atoms with van der Waals surface area (Å²) in [7, 11) is 3.83. The first-order valence-corrected chi connectivity index (χ1v) is 4.27. The molecule has 1 aromatic rings. The zero-order valence-electron chi connectivity index (χ0n) is 8.13. The Morgan fingerprint density at radius 2 is 2.17 bits per heavy atom. The van der Waals surface area contributed by atoms with Gasteiger partial charge in [0.25, 0.3) is 0 Å². The maximum Gasteiger partial charge on any atom is 0.224 e. The summed E-state index contributed by atoms with van der Waals surface area (Å²) in [5, 5.41) is 11.1. The zero-order valence-corrected chi connectivity index (χ0v) is 8.13. The fraction of sp³-hybridized carbons (Fsp3) is 0.750. The second-order valence-electron chi connectivity index (χ2n) is 3.00. The minimum atomic E-state index is 0.476. The third-order valence-corrected chi connectivity index (χ3v) is 2.19. The molecule has 1 N–H and O–H groups in total. The van der Waals surface area contributed by atoms with Gasteiger partial charge in [0.15, 0.2) is 0 Å². The highest BCUT2D eigenvalue weighted by molar-refractivity contribution is 5.24. The van der Waals surface area contributed by atoms with E-state index in [1.807, 2.05) is 18.7 Å². The van der Waals surface area contributed by atoms with Crippen molar-refractivity contribution in [2.75, 3.05) is 12.4 Å². The summed E-state index contributed by atoms with van der Waals surface area (Å²) in [4.78, 5) is 0. The van der Waals surface area contributed by atoms with Crippen molar-refractivity contribution in [1.29, 1.82) is 0 Å². The first kappa shape index (κ1) is 9.03. The van der Waals surface area contributed by atoms with Gasteiger partial charge in [0.2, 0.25) is 5.95 Å². The van der Waals surface area contributed by atoms with E-state index in [2.05, 4.69) is 29.4 Å². The van der Waals surface area contributed by atoms with Crippen molar-refractivity contribution < 1.29 is 0 Å². The Morgan fingerprint density at radius 3 is 2.58 bits per heavy atom. The summed E-state index contributed by atoms with van der Waals surface area (Å²) < 4.78 is 1.99. The molecule has 1 unspecified atom stereocenters. The van der Waals surface area contributed by atoms with Crippen LogP contribution in [0, 0.1) is 0 Å². The van der Waals surface area contributed by atoms with Gasteiger partial charge in [-0.15, -0.1) is 10.2 Å². The van der Waals surface area contributed by atoms with Crippen LogP contribution in [0.25, 0.3) is 0 Å². The first-order valence-electron chi connectivity index (χ1n) is 4.27. The van der Waals surface area contributed by atoms with Gasteiger partial charge >= 0.3 is 0 Å². The summed E-state index contributed by atoms with van der Waals surface area (Å²) in [5.41, 5.74) is 0. The van der Waals surface area contributed by atoms with Crippen molar-refractivity contribution in [3.05, 3.63) is 5.82 Å². The monoisotopic (exact) mass is 168 g/mol.